The Labute approximate surface area is 148 Å². The molecule has 2 rings (SSSR count). The van der Waals surface area contributed by atoms with Crippen molar-refractivity contribution in [3.05, 3.63) is 57.2 Å². The molecule has 2 aromatic rings. The number of halogens is 3. The maximum Gasteiger partial charge on any atom is 0.230 e. The SMILES string of the molecule is CC(NC(=O)CSc1ccc(Cl)cn1)c1ccc(Cl)cc1Cl. The molecule has 22 heavy (non-hydrogen) atoms. The summed E-state index contributed by atoms with van der Waals surface area (Å²) in [6.45, 7) is 1.87. The van der Waals surface area contributed by atoms with E-state index in [1.807, 2.05) is 13.0 Å². The predicted octanol–water partition coefficient (Wildman–Crippen LogP) is 5.01. The van der Waals surface area contributed by atoms with E-state index in [1.165, 1.54) is 11.8 Å². The zero-order chi connectivity index (χ0) is 16.1. The maximum absolute atomic E-state index is 12.0. The van der Waals surface area contributed by atoms with Crippen molar-refractivity contribution in [2.45, 2.75) is 18.0 Å². The Hall–Kier alpha value is -0.940. The molecular formula is C15H13Cl3N2OS. The quantitative estimate of drug-likeness (QED) is 0.747. The van der Waals surface area contributed by atoms with Gasteiger partial charge in [0.25, 0.3) is 0 Å². The minimum absolute atomic E-state index is 0.0970. The monoisotopic (exact) mass is 374 g/mol. The summed E-state index contributed by atoms with van der Waals surface area (Å²) >= 11 is 19.1. The van der Waals surface area contributed by atoms with Gasteiger partial charge in [0.05, 0.1) is 21.8 Å². The van der Waals surface area contributed by atoms with Gasteiger partial charge in [0.2, 0.25) is 5.91 Å². The van der Waals surface area contributed by atoms with Crippen molar-refractivity contribution in [2.24, 2.45) is 0 Å². The minimum Gasteiger partial charge on any atom is -0.349 e. The molecule has 0 fully saturated rings. The van der Waals surface area contributed by atoms with Crippen LogP contribution < -0.4 is 5.32 Å². The van der Waals surface area contributed by atoms with E-state index in [1.54, 1.807) is 30.5 Å². The first kappa shape index (κ1) is 17.4. The summed E-state index contributed by atoms with van der Waals surface area (Å²) in [5.74, 6) is 0.171. The summed E-state index contributed by atoms with van der Waals surface area (Å²) in [6, 6.07) is 8.54. The zero-order valence-electron chi connectivity index (χ0n) is 11.6. The fraction of sp³-hybridized carbons (Fsp3) is 0.200. The van der Waals surface area contributed by atoms with E-state index in [0.29, 0.717) is 15.1 Å². The van der Waals surface area contributed by atoms with Crippen molar-refractivity contribution in [1.29, 1.82) is 0 Å². The Morgan fingerprint density at radius 2 is 1.95 bits per heavy atom. The van der Waals surface area contributed by atoms with Crippen LogP contribution >= 0.6 is 46.6 Å². The lowest BCUT2D eigenvalue weighted by molar-refractivity contribution is -0.119. The van der Waals surface area contributed by atoms with E-state index in [4.69, 9.17) is 34.8 Å². The lowest BCUT2D eigenvalue weighted by Crippen LogP contribution is -2.28. The van der Waals surface area contributed by atoms with Gasteiger partial charge in [-0.2, -0.15) is 0 Å². The third-order valence-electron chi connectivity index (χ3n) is 2.86. The van der Waals surface area contributed by atoms with E-state index >= 15 is 0 Å². The standard InChI is InChI=1S/C15H13Cl3N2OS/c1-9(12-4-2-10(16)6-13(12)18)20-14(21)8-22-15-5-3-11(17)7-19-15/h2-7,9H,8H2,1H3,(H,20,21). The summed E-state index contributed by atoms with van der Waals surface area (Å²) in [5.41, 5.74) is 0.828. The van der Waals surface area contributed by atoms with Gasteiger partial charge in [-0.3, -0.25) is 4.79 Å². The highest BCUT2D eigenvalue weighted by atomic mass is 35.5. The highest BCUT2D eigenvalue weighted by molar-refractivity contribution is 7.99. The van der Waals surface area contributed by atoms with Crippen LogP contribution in [0.2, 0.25) is 15.1 Å². The molecule has 1 N–H and O–H groups in total. The second kappa shape index (κ2) is 8.06. The van der Waals surface area contributed by atoms with Crippen molar-refractivity contribution in [3.63, 3.8) is 0 Å². The van der Waals surface area contributed by atoms with Crippen molar-refractivity contribution in [3.8, 4) is 0 Å². The molecule has 1 aromatic heterocycles. The van der Waals surface area contributed by atoms with E-state index in [-0.39, 0.29) is 17.7 Å². The van der Waals surface area contributed by atoms with Crippen LogP contribution in [0.1, 0.15) is 18.5 Å². The number of hydrogen-bond donors (Lipinski definition) is 1. The molecule has 0 aliphatic heterocycles. The van der Waals surface area contributed by atoms with Crippen LogP contribution in [-0.2, 0) is 4.79 Å². The number of aromatic nitrogens is 1. The normalized spacial score (nSPS) is 12.0. The maximum atomic E-state index is 12.0. The fourth-order valence-corrected chi connectivity index (χ4v) is 3.14. The molecule has 1 amide bonds. The summed E-state index contributed by atoms with van der Waals surface area (Å²) in [5, 5.41) is 5.31. The lowest BCUT2D eigenvalue weighted by atomic mass is 10.1. The van der Waals surface area contributed by atoms with Crippen molar-refractivity contribution in [1.82, 2.24) is 10.3 Å². The number of carbonyl (C=O) groups is 1. The van der Waals surface area contributed by atoms with Crippen molar-refractivity contribution in [2.75, 3.05) is 5.75 Å². The Balaban J connectivity index is 1.89. The van der Waals surface area contributed by atoms with E-state index in [2.05, 4.69) is 10.3 Å². The van der Waals surface area contributed by atoms with Crippen LogP contribution in [0, 0.1) is 0 Å². The zero-order valence-corrected chi connectivity index (χ0v) is 14.7. The highest BCUT2D eigenvalue weighted by Gasteiger charge is 2.13. The average Bonchev–Trinajstić information content (AvgIpc) is 2.46. The number of nitrogens with zero attached hydrogens (tertiary/aromatic N) is 1. The number of thioether (sulfide) groups is 1. The number of hydrogen-bond acceptors (Lipinski definition) is 3. The van der Waals surface area contributed by atoms with Gasteiger partial charge in [-0.1, -0.05) is 52.6 Å². The summed E-state index contributed by atoms with van der Waals surface area (Å²) in [7, 11) is 0. The third kappa shape index (κ3) is 5.06. The first-order valence-electron chi connectivity index (χ1n) is 6.44. The Morgan fingerprint density at radius 1 is 1.23 bits per heavy atom. The number of pyridine rings is 1. The van der Waals surface area contributed by atoms with Crippen LogP contribution in [0.4, 0.5) is 0 Å². The molecular weight excluding hydrogens is 363 g/mol. The minimum atomic E-state index is -0.198. The van der Waals surface area contributed by atoms with E-state index < -0.39 is 0 Å². The molecule has 0 spiro atoms. The average molecular weight is 376 g/mol. The molecule has 1 unspecified atom stereocenters. The van der Waals surface area contributed by atoms with Crippen LogP contribution in [0.25, 0.3) is 0 Å². The molecule has 1 heterocycles. The van der Waals surface area contributed by atoms with Gasteiger partial charge in [0.1, 0.15) is 0 Å². The van der Waals surface area contributed by atoms with Crippen LogP contribution in [-0.4, -0.2) is 16.6 Å². The number of rotatable bonds is 5. The van der Waals surface area contributed by atoms with E-state index in [0.717, 1.165) is 10.6 Å². The molecule has 0 aliphatic carbocycles. The van der Waals surface area contributed by atoms with Crippen molar-refractivity contribution >= 4 is 52.5 Å². The highest BCUT2D eigenvalue weighted by Crippen LogP contribution is 2.26. The lowest BCUT2D eigenvalue weighted by Gasteiger charge is -2.15. The molecule has 0 aliphatic rings. The molecule has 1 atom stereocenters. The molecule has 1 aromatic carbocycles. The van der Waals surface area contributed by atoms with Gasteiger partial charge in [-0.25, -0.2) is 4.98 Å². The van der Waals surface area contributed by atoms with Gasteiger partial charge < -0.3 is 5.32 Å². The second-order valence-electron chi connectivity index (χ2n) is 4.56. The largest absolute Gasteiger partial charge is 0.349 e. The van der Waals surface area contributed by atoms with Crippen molar-refractivity contribution < 1.29 is 4.79 Å². The molecule has 0 radical (unpaired) electrons. The number of amides is 1. The molecule has 7 heteroatoms. The summed E-state index contributed by atoms with van der Waals surface area (Å²) in [6.07, 6.45) is 1.55. The second-order valence-corrected chi connectivity index (χ2v) is 6.83. The van der Waals surface area contributed by atoms with Crippen LogP contribution in [0.15, 0.2) is 41.6 Å². The molecule has 0 saturated carbocycles. The number of nitrogens with one attached hydrogen (secondary N) is 1. The summed E-state index contributed by atoms with van der Waals surface area (Å²) < 4.78 is 0. The Morgan fingerprint density at radius 3 is 2.59 bits per heavy atom. The predicted molar refractivity (Wildman–Crippen MR) is 93.0 cm³/mol. The van der Waals surface area contributed by atoms with Gasteiger partial charge in [0.15, 0.2) is 0 Å². The van der Waals surface area contributed by atoms with Gasteiger partial charge in [-0.15, -0.1) is 0 Å². The van der Waals surface area contributed by atoms with Gasteiger partial charge >= 0.3 is 0 Å². The smallest absolute Gasteiger partial charge is 0.230 e. The third-order valence-corrected chi connectivity index (χ3v) is 4.59. The number of benzene rings is 1. The van der Waals surface area contributed by atoms with Crippen LogP contribution in [0.5, 0.6) is 0 Å². The Bertz CT molecular complexity index is 664. The van der Waals surface area contributed by atoms with E-state index in [9.17, 15) is 4.79 Å². The first-order chi connectivity index (χ1) is 10.5. The molecule has 3 nitrogen and oxygen atoms in total. The topological polar surface area (TPSA) is 42.0 Å². The number of carbonyl (C=O) groups excluding carboxylic acids is 1. The Kier molecular flexibility index (Phi) is 6.38. The molecule has 116 valence electrons. The first-order valence-corrected chi connectivity index (χ1v) is 8.56. The molecule has 0 saturated heterocycles. The fourth-order valence-electron chi connectivity index (χ4n) is 1.80. The van der Waals surface area contributed by atoms with Gasteiger partial charge in [-0.05, 0) is 36.8 Å². The summed E-state index contributed by atoms with van der Waals surface area (Å²) in [4.78, 5) is 16.1. The van der Waals surface area contributed by atoms with Crippen LogP contribution in [0.3, 0.4) is 0 Å². The molecule has 0 bridgehead atoms. The van der Waals surface area contributed by atoms with Gasteiger partial charge in [0, 0.05) is 16.2 Å².